The molecule has 1 heterocycles. The number of carboxylic acids is 1. The van der Waals surface area contributed by atoms with Gasteiger partial charge in [-0.05, 0) is 58.2 Å². The Morgan fingerprint density at radius 3 is 2.76 bits per heavy atom. The third-order valence-electron chi connectivity index (χ3n) is 4.27. The summed E-state index contributed by atoms with van der Waals surface area (Å²) in [6.07, 6.45) is 6.14. The van der Waals surface area contributed by atoms with Gasteiger partial charge in [0.25, 0.3) is 0 Å². The SMILES string of the molecule is CCCNC1(C(=O)O)CCC(N2CCCC2)C1. The van der Waals surface area contributed by atoms with E-state index in [9.17, 15) is 9.90 Å². The van der Waals surface area contributed by atoms with Gasteiger partial charge in [0.05, 0.1) is 0 Å². The fourth-order valence-electron chi connectivity index (χ4n) is 3.23. The van der Waals surface area contributed by atoms with Gasteiger partial charge in [-0.3, -0.25) is 4.79 Å². The molecular formula is C13H24N2O2. The van der Waals surface area contributed by atoms with Crippen molar-refractivity contribution in [3.63, 3.8) is 0 Å². The molecule has 0 aromatic rings. The summed E-state index contributed by atoms with van der Waals surface area (Å²) in [5, 5.41) is 12.7. The van der Waals surface area contributed by atoms with Crippen LogP contribution in [0.1, 0.15) is 45.4 Å². The molecule has 1 aliphatic carbocycles. The van der Waals surface area contributed by atoms with Crippen LogP contribution in [-0.2, 0) is 4.79 Å². The first-order chi connectivity index (χ1) is 8.18. The molecule has 4 nitrogen and oxygen atoms in total. The van der Waals surface area contributed by atoms with Crippen molar-refractivity contribution >= 4 is 5.97 Å². The highest BCUT2D eigenvalue weighted by Crippen LogP contribution is 2.34. The molecule has 1 saturated carbocycles. The molecule has 2 aliphatic rings. The topological polar surface area (TPSA) is 52.6 Å². The van der Waals surface area contributed by atoms with E-state index in [1.54, 1.807) is 0 Å². The zero-order valence-corrected chi connectivity index (χ0v) is 10.7. The summed E-state index contributed by atoms with van der Waals surface area (Å²) in [7, 11) is 0. The van der Waals surface area contributed by atoms with Crippen LogP contribution in [0.4, 0.5) is 0 Å². The Bertz CT molecular complexity index is 277. The average molecular weight is 240 g/mol. The van der Waals surface area contributed by atoms with E-state index < -0.39 is 11.5 Å². The van der Waals surface area contributed by atoms with Crippen LogP contribution < -0.4 is 5.32 Å². The Labute approximate surface area is 103 Å². The number of rotatable bonds is 5. The van der Waals surface area contributed by atoms with E-state index in [0.29, 0.717) is 6.04 Å². The highest BCUT2D eigenvalue weighted by molar-refractivity contribution is 5.79. The Hall–Kier alpha value is -0.610. The molecule has 0 spiro atoms. The smallest absolute Gasteiger partial charge is 0.323 e. The summed E-state index contributed by atoms with van der Waals surface area (Å²) in [6, 6.07) is 0.484. The van der Waals surface area contributed by atoms with Gasteiger partial charge in [0.2, 0.25) is 0 Å². The van der Waals surface area contributed by atoms with Crippen LogP contribution in [0, 0.1) is 0 Å². The first kappa shape index (κ1) is 12.8. The highest BCUT2D eigenvalue weighted by atomic mass is 16.4. The van der Waals surface area contributed by atoms with Gasteiger partial charge in [0.15, 0.2) is 0 Å². The molecule has 1 saturated heterocycles. The summed E-state index contributed by atoms with van der Waals surface area (Å²) < 4.78 is 0. The number of nitrogens with zero attached hydrogens (tertiary/aromatic N) is 1. The number of nitrogens with one attached hydrogen (secondary N) is 1. The lowest BCUT2D eigenvalue weighted by Gasteiger charge is -2.28. The van der Waals surface area contributed by atoms with Gasteiger partial charge in [-0.25, -0.2) is 0 Å². The average Bonchev–Trinajstić information content (AvgIpc) is 2.96. The van der Waals surface area contributed by atoms with Crippen LogP contribution in [-0.4, -0.2) is 47.2 Å². The van der Waals surface area contributed by atoms with E-state index in [2.05, 4.69) is 17.1 Å². The predicted octanol–water partition coefficient (Wildman–Crippen LogP) is 1.46. The first-order valence-corrected chi connectivity index (χ1v) is 6.90. The lowest BCUT2D eigenvalue weighted by Crippen LogP contribution is -2.51. The van der Waals surface area contributed by atoms with Crippen molar-refractivity contribution in [1.82, 2.24) is 10.2 Å². The minimum Gasteiger partial charge on any atom is -0.480 e. The molecule has 2 rings (SSSR count). The fraction of sp³-hybridized carbons (Fsp3) is 0.923. The second kappa shape index (κ2) is 5.36. The molecule has 0 amide bonds. The minimum atomic E-state index is -0.660. The lowest BCUT2D eigenvalue weighted by molar-refractivity contribution is -0.144. The maximum atomic E-state index is 11.5. The largest absolute Gasteiger partial charge is 0.480 e. The van der Waals surface area contributed by atoms with Gasteiger partial charge in [0, 0.05) is 6.04 Å². The van der Waals surface area contributed by atoms with Gasteiger partial charge in [-0.2, -0.15) is 0 Å². The fourth-order valence-corrected chi connectivity index (χ4v) is 3.23. The number of hydrogen-bond donors (Lipinski definition) is 2. The summed E-state index contributed by atoms with van der Waals surface area (Å²) in [4.78, 5) is 14.0. The van der Waals surface area contributed by atoms with Gasteiger partial charge in [-0.15, -0.1) is 0 Å². The normalized spacial score (nSPS) is 34.3. The first-order valence-electron chi connectivity index (χ1n) is 6.90. The van der Waals surface area contributed by atoms with Crippen molar-refractivity contribution in [1.29, 1.82) is 0 Å². The highest BCUT2D eigenvalue weighted by Gasteiger charge is 2.46. The summed E-state index contributed by atoms with van der Waals surface area (Å²) >= 11 is 0. The number of carbonyl (C=O) groups is 1. The second-order valence-electron chi connectivity index (χ2n) is 5.45. The van der Waals surface area contributed by atoms with Crippen LogP contribution in [0.15, 0.2) is 0 Å². The van der Waals surface area contributed by atoms with Crippen molar-refractivity contribution in [2.45, 2.75) is 57.0 Å². The molecule has 17 heavy (non-hydrogen) atoms. The number of aliphatic carboxylic acids is 1. The Kier molecular flexibility index (Phi) is 4.05. The molecule has 0 radical (unpaired) electrons. The van der Waals surface area contributed by atoms with Crippen LogP contribution in [0.5, 0.6) is 0 Å². The van der Waals surface area contributed by atoms with Crippen molar-refractivity contribution in [3.05, 3.63) is 0 Å². The number of carboxylic acid groups (broad SMARTS) is 1. The number of hydrogen-bond acceptors (Lipinski definition) is 3. The molecule has 2 fully saturated rings. The Morgan fingerprint density at radius 2 is 2.18 bits per heavy atom. The maximum Gasteiger partial charge on any atom is 0.323 e. The van der Waals surface area contributed by atoms with E-state index in [-0.39, 0.29) is 0 Å². The van der Waals surface area contributed by atoms with E-state index in [1.165, 1.54) is 12.8 Å². The molecule has 2 N–H and O–H groups in total. The van der Waals surface area contributed by atoms with Crippen molar-refractivity contribution in [2.75, 3.05) is 19.6 Å². The summed E-state index contributed by atoms with van der Waals surface area (Å²) in [6.45, 7) is 5.21. The van der Waals surface area contributed by atoms with E-state index in [0.717, 1.165) is 45.3 Å². The molecule has 0 bridgehead atoms. The van der Waals surface area contributed by atoms with E-state index in [4.69, 9.17) is 0 Å². The molecule has 0 aromatic heterocycles. The lowest BCUT2D eigenvalue weighted by atomic mass is 9.97. The molecule has 2 atom stereocenters. The second-order valence-corrected chi connectivity index (χ2v) is 5.45. The molecule has 4 heteroatoms. The van der Waals surface area contributed by atoms with Crippen molar-refractivity contribution < 1.29 is 9.90 Å². The van der Waals surface area contributed by atoms with E-state index in [1.807, 2.05) is 0 Å². The third-order valence-corrected chi connectivity index (χ3v) is 4.27. The molecule has 1 aliphatic heterocycles. The quantitative estimate of drug-likeness (QED) is 0.764. The van der Waals surface area contributed by atoms with Crippen LogP contribution >= 0.6 is 0 Å². The molecule has 2 unspecified atom stereocenters. The zero-order chi connectivity index (χ0) is 12.3. The Morgan fingerprint density at radius 1 is 1.47 bits per heavy atom. The molecule has 98 valence electrons. The third kappa shape index (κ3) is 2.63. The zero-order valence-electron chi connectivity index (χ0n) is 10.7. The molecular weight excluding hydrogens is 216 g/mol. The monoisotopic (exact) mass is 240 g/mol. The standard InChI is InChI=1S/C13H24N2O2/c1-2-7-14-13(12(16)17)6-5-11(10-13)15-8-3-4-9-15/h11,14H,2-10H2,1H3,(H,16,17). The van der Waals surface area contributed by atoms with Gasteiger partial charge < -0.3 is 15.3 Å². The minimum absolute atomic E-state index is 0.484. The van der Waals surface area contributed by atoms with Gasteiger partial charge in [0.1, 0.15) is 5.54 Å². The van der Waals surface area contributed by atoms with Crippen molar-refractivity contribution in [2.24, 2.45) is 0 Å². The maximum absolute atomic E-state index is 11.5. The van der Waals surface area contributed by atoms with E-state index >= 15 is 0 Å². The van der Waals surface area contributed by atoms with Crippen molar-refractivity contribution in [3.8, 4) is 0 Å². The summed E-state index contributed by atoms with van der Waals surface area (Å²) in [5.41, 5.74) is -0.650. The number of likely N-dealkylation sites (tertiary alicyclic amines) is 1. The Balaban J connectivity index is 1.97. The van der Waals surface area contributed by atoms with Gasteiger partial charge >= 0.3 is 5.97 Å². The van der Waals surface area contributed by atoms with Gasteiger partial charge in [-0.1, -0.05) is 6.92 Å². The van der Waals surface area contributed by atoms with Crippen LogP contribution in [0.25, 0.3) is 0 Å². The van der Waals surface area contributed by atoms with Crippen LogP contribution in [0.3, 0.4) is 0 Å². The predicted molar refractivity (Wildman–Crippen MR) is 67.1 cm³/mol. The van der Waals surface area contributed by atoms with Crippen LogP contribution in [0.2, 0.25) is 0 Å². The summed E-state index contributed by atoms with van der Waals surface area (Å²) in [5.74, 6) is -0.660. The molecule has 0 aromatic carbocycles.